The number of rotatable bonds is 7. The molecule has 0 aliphatic heterocycles. The number of aromatic amines is 1. The second-order valence-corrected chi connectivity index (χ2v) is 7.57. The molecule has 186 valence electrons. The molecule has 2 heterocycles. The minimum atomic E-state index is -4.81. The van der Waals surface area contributed by atoms with E-state index in [9.17, 15) is 22.8 Å². The van der Waals surface area contributed by atoms with Crippen molar-refractivity contribution in [2.24, 2.45) is 0 Å². The smallest absolute Gasteiger partial charge is 0.480 e. The summed E-state index contributed by atoms with van der Waals surface area (Å²) in [6.07, 6.45) is -3.28. The number of hydrogen-bond acceptors (Lipinski definition) is 6. The zero-order valence-corrected chi connectivity index (χ0v) is 19.1. The molecule has 2 aromatic carbocycles. The van der Waals surface area contributed by atoms with Crippen molar-refractivity contribution in [1.29, 1.82) is 0 Å². The van der Waals surface area contributed by atoms with Gasteiger partial charge in [-0.1, -0.05) is 18.2 Å². The topological polar surface area (TPSA) is 118 Å². The highest BCUT2D eigenvalue weighted by molar-refractivity contribution is 6.05. The van der Waals surface area contributed by atoms with Crippen molar-refractivity contribution in [3.05, 3.63) is 71.5 Å². The van der Waals surface area contributed by atoms with E-state index < -0.39 is 12.3 Å². The van der Waals surface area contributed by atoms with E-state index in [-0.39, 0.29) is 35.3 Å². The number of carbonyl (C=O) groups is 2. The van der Waals surface area contributed by atoms with Crippen LogP contribution in [0.15, 0.2) is 54.7 Å². The van der Waals surface area contributed by atoms with Crippen LogP contribution < -0.4 is 20.1 Å². The van der Waals surface area contributed by atoms with Gasteiger partial charge in [-0.3, -0.25) is 14.7 Å². The number of hydrogen-bond donors (Lipinski definition) is 3. The molecule has 0 unspecified atom stereocenters. The molecule has 0 aliphatic carbocycles. The second kappa shape index (κ2) is 9.94. The Labute approximate surface area is 202 Å². The van der Waals surface area contributed by atoms with E-state index in [0.717, 1.165) is 0 Å². The number of amides is 2. The Kier molecular flexibility index (Phi) is 6.77. The molecule has 12 heteroatoms. The molecule has 0 atom stereocenters. The van der Waals surface area contributed by atoms with E-state index in [1.807, 2.05) is 0 Å². The van der Waals surface area contributed by atoms with Crippen LogP contribution in [-0.4, -0.2) is 47.5 Å². The number of halogens is 3. The zero-order chi connectivity index (χ0) is 25.9. The minimum Gasteiger partial charge on any atom is -0.480 e. The molecule has 4 rings (SSSR count). The highest BCUT2D eigenvalue weighted by atomic mass is 19.4. The number of H-pyrrole nitrogens is 1. The Bertz CT molecular complexity index is 1440. The van der Waals surface area contributed by atoms with Crippen LogP contribution in [0.4, 0.5) is 13.2 Å². The van der Waals surface area contributed by atoms with Gasteiger partial charge in [-0.25, -0.2) is 4.98 Å². The fourth-order valence-electron chi connectivity index (χ4n) is 3.56. The normalized spacial score (nSPS) is 11.2. The predicted molar refractivity (Wildman–Crippen MR) is 124 cm³/mol. The molecule has 9 nitrogen and oxygen atoms in total. The first kappa shape index (κ1) is 24.5. The highest BCUT2D eigenvalue weighted by Gasteiger charge is 2.31. The summed E-state index contributed by atoms with van der Waals surface area (Å²) in [6, 6.07) is 12.2. The number of fused-ring (bicyclic) bond motifs is 1. The highest BCUT2D eigenvalue weighted by Crippen LogP contribution is 2.28. The molecule has 4 aromatic rings. The van der Waals surface area contributed by atoms with Gasteiger partial charge in [0, 0.05) is 30.7 Å². The average molecular weight is 499 g/mol. The van der Waals surface area contributed by atoms with Crippen LogP contribution in [0.5, 0.6) is 11.6 Å². The van der Waals surface area contributed by atoms with Gasteiger partial charge in [0.2, 0.25) is 5.88 Å². The Morgan fingerprint density at radius 2 is 1.86 bits per heavy atom. The molecule has 0 bridgehead atoms. The van der Waals surface area contributed by atoms with E-state index in [1.165, 1.54) is 38.6 Å². The fraction of sp³-hybridized carbons (Fsp3) is 0.167. The Hall–Kier alpha value is -4.61. The number of methoxy groups -OCH3 is 1. The summed E-state index contributed by atoms with van der Waals surface area (Å²) in [5, 5.41) is 12.7. The van der Waals surface area contributed by atoms with Crippen LogP contribution in [-0.2, 0) is 6.54 Å². The van der Waals surface area contributed by atoms with Crippen LogP contribution in [0, 0.1) is 0 Å². The molecule has 2 aromatic heterocycles. The summed E-state index contributed by atoms with van der Waals surface area (Å²) in [4.78, 5) is 29.1. The third-order valence-corrected chi connectivity index (χ3v) is 5.21. The predicted octanol–water partition coefficient (Wildman–Crippen LogP) is 3.82. The van der Waals surface area contributed by atoms with Gasteiger partial charge in [-0.05, 0) is 41.5 Å². The van der Waals surface area contributed by atoms with Crippen LogP contribution in [0.3, 0.4) is 0 Å². The van der Waals surface area contributed by atoms with E-state index in [0.29, 0.717) is 27.6 Å². The van der Waals surface area contributed by atoms with E-state index in [4.69, 9.17) is 4.74 Å². The van der Waals surface area contributed by atoms with Crippen molar-refractivity contribution < 1.29 is 32.2 Å². The summed E-state index contributed by atoms with van der Waals surface area (Å²) in [6.45, 7) is -0.0519. The third kappa shape index (κ3) is 5.37. The lowest BCUT2D eigenvalue weighted by Gasteiger charge is -2.12. The van der Waals surface area contributed by atoms with Crippen LogP contribution in [0.25, 0.3) is 22.0 Å². The van der Waals surface area contributed by atoms with Crippen molar-refractivity contribution >= 4 is 22.7 Å². The standard InChI is InChI=1S/C24H20F3N5O4/c1-28-22(34)20-17-7-6-14(10-19(17)31-32-20)15-9-18(23(35-2)30-12-15)21(33)29-11-13-4-3-5-16(8-13)36-24(25,26)27/h3-10,12H,11H2,1-2H3,(H,28,34)(H,29,33)(H,31,32). The molecule has 3 N–H and O–H groups in total. The Morgan fingerprint density at radius 1 is 1.06 bits per heavy atom. The quantitative estimate of drug-likeness (QED) is 0.356. The molecule has 0 saturated carbocycles. The summed E-state index contributed by atoms with van der Waals surface area (Å²) in [5.41, 5.74) is 2.72. The number of pyridine rings is 1. The summed E-state index contributed by atoms with van der Waals surface area (Å²) >= 11 is 0. The van der Waals surface area contributed by atoms with Crippen molar-refractivity contribution in [3.63, 3.8) is 0 Å². The van der Waals surface area contributed by atoms with Gasteiger partial charge in [0.25, 0.3) is 11.8 Å². The molecule has 0 spiro atoms. The summed E-state index contributed by atoms with van der Waals surface area (Å²) < 4.78 is 46.6. The molecule has 0 aliphatic rings. The molecular weight excluding hydrogens is 479 g/mol. The van der Waals surface area contributed by atoms with Crippen LogP contribution >= 0.6 is 0 Å². The van der Waals surface area contributed by atoms with Gasteiger partial charge in [0.05, 0.1) is 12.6 Å². The number of ether oxygens (including phenoxy) is 2. The van der Waals surface area contributed by atoms with Gasteiger partial charge in [-0.2, -0.15) is 5.10 Å². The first-order valence-electron chi connectivity index (χ1n) is 10.6. The lowest BCUT2D eigenvalue weighted by atomic mass is 10.0. The van der Waals surface area contributed by atoms with Crippen LogP contribution in [0.2, 0.25) is 0 Å². The van der Waals surface area contributed by atoms with E-state index >= 15 is 0 Å². The maximum atomic E-state index is 12.9. The minimum absolute atomic E-state index is 0.0519. The van der Waals surface area contributed by atoms with E-state index in [2.05, 4.69) is 30.6 Å². The van der Waals surface area contributed by atoms with Crippen molar-refractivity contribution in [1.82, 2.24) is 25.8 Å². The maximum Gasteiger partial charge on any atom is 0.573 e. The zero-order valence-electron chi connectivity index (χ0n) is 19.1. The molecule has 0 fully saturated rings. The first-order chi connectivity index (χ1) is 17.2. The number of alkyl halides is 3. The van der Waals surface area contributed by atoms with Gasteiger partial charge >= 0.3 is 6.36 Å². The number of aromatic nitrogens is 3. The second-order valence-electron chi connectivity index (χ2n) is 7.57. The third-order valence-electron chi connectivity index (χ3n) is 5.21. The number of nitrogens with zero attached hydrogens (tertiary/aromatic N) is 2. The number of benzene rings is 2. The van der Waals surface area contributed by atoms with Crippen molar-refractivity contribution in [2.45, 2.75) is 12.9 Å². The Balaban J connectivity index is 1.56. The van der Waals surface area contributed by atoms with Gasteiger partial charge < -0.3 is 20.1 Å². The average Bonchev–Trinajstić information content (AvgIpc) is 3.29. The molecule has 36 heavy (non-hydrogen) atoms. The van der Waals surface area contributed by atoms with Crippen molar-refractivity contribution in [2.75, 3.05) is 14.2 Å². The van der Waals surface area contributed by atoms with Gasteiger partial charge in [0.15, 0.2) is 5.69 Å². The van der Waals surface area contributed by atoms with Crippen LogP contribution in [0.1, 0.15) is 26.4 Å². The lowest BCUT2D eigenvalue weighted by molar-refractivity contribution is -0.274. The monoisotopic (exact) mass is 499 g/mol. The largest absolute Gasteiger partial charge is 0.573 e. The SMILES string of the molecule is CNC(=O)c1n[nH]c2cc(-c3cnc(OC)c(C(=O)NCc4cccc(OC(F)(F)F)c4)c3)ccc12. The van der Waals surface area contributed by atoms with Crippen molar-refractivity contribution in [3.8, 4) is 22.8 Å². The molecule has 0 radical (unpaired) electrons. The Morgan fingerprint density at radius 3 is 2.58 bits per heavy atom. The summed E-state index contributed by atoms with van der Waals surface area (Å²) in [7, 11) is 2.88. The fourth-order valence-corrected chi connectivity index (χ4v) is 3.56. The molecular formula is C24H20F3N5O4. The van der Waals surface area contributed by atoms with Gasteiger partial charge in [-0.15, -0.1) is 13.2 Å². The number of nitrogens with one attached hydrogen (secondary N) is 3. The van der Waals surface area contributed by atoms with Gasteiger partial charge in [0.1, 0.15) is 11.3 Å². The molecule has 0 saturated heterocycles. The van der Waals surface area contributed by atoms with E-state index in [1.54, 1.807) is 30.3 Å². The summed E-state index contributed by atoms with van der Waals surface area (Å²) in [5.74, 6) is -1.17. The first-order valence-corrected chi connectivity index (χ1v) is 10.6. The lowest BCUT2D eigenvalue weighted by Crippen LogP contribution is -2.24. The molecule has 2 amide bonds. The maximum absolute atomic E-state index is 12.9. The number of carbonyl (C=O) groups excluding carboxylic acids is 2.